The molecule has 0 aliphatic heterocycles. The lowest BCUT2D eigenvalue weighted by molar-refractivity contribution is 0.244. The zero-order valence-corrected chi connectivity index (χ0v) is 12.7. The SMILES string of the molecule is CCOc1cccc(Nc2cccc(OC(C)C)c2N)c1. The zero-order chi connectivity index (χ0) is 15.2. The van der Waals surface area contributed by atoms with E-state index in [0.29, 0.717) is 18.0 Å². The highest BCUT2D eigenvalue weighted by Crippen LogP contribution is 2.32. The van der Waals surface area contributed by atoms with Crippen molar-refractivity contribution in [3.05, 3.63) is 42.5 Å². The monoisotopic (exact) mass is 286 g/mol. The first-order chi connectivity index (χ1) is 10.1. The minimum atomic E-state index is 0.0869. The Labute approximate surface area is 125 Å². The molecule has 0 radical (unpaired) electrons. The number of benzene rings is 2. The van der Waals surface area contributed by atoms with Crippen LogP contribution < -0.4 is 20.5 Å². The van der Waals surface area contributed by atoms with Crippen molar-refractivity contribution in [2.45, 2.75) is 26.9 Å². The third kappa shape index (κ3) is 4.05. The summed E-state index contributed by atoms with van der Waals surface area (Å²) in [6.45, 7) is 6.56. The first-order valence-corrected chi connectivity index (χ1v) is 7.15. The fourth-order valence-electron chi connectivity index (χ4n) is 2.00. The van der Waals surface area contributed by atoms with Crippen molar-refractivity contribution in [2.24, 2.45) is 0 Å². The zero-order valence-electron chi connectivity index (χ0n) is 12.7. The van der Waals surface area contributed by atoms with Gasteiger partial charge in [-0.3, -0.25) is 0 Å². The van der Waals surface area contributed by atoms with Gasteiger partial charge >= 0.3 is 0 Å². The standard InChI is InChI=1S/C17H22N2O2/c1-4-20-14-8-5-7-13(11-14)19-15-9-6-10-16(17(15)18)21-12(2)3/h5-12,19H,4,18H2,1-3H3. The van der Waals surface area contributed by atoms with Crippen LogP contribution in [0.2, 0.25) is 0 Å². The highest BCUT2D eigenvalue weighted by Gasteiger charge is 2.08. The molecule has 3 N–H and O–H groups in total. The topological polar surface area (TPSA) is 56.5 Å². The first-order valence-electron chi connectivity index (χ1n) is 7.15. The molecule has 0 aliphatic carbocycles. The number of anilines is 3. The fraction of sp³-hybridized carbons (Fsp3) is 0.294. The van der Waals surface area contributed by atoms with Crippen LogP contribution in [-0.4, -0.2) is 12.7 Å². The van der Waals surface area contributed by atoms with Crippen LogP contribution >= 0.6 is 0 Å². The van der Waals surface area contributed by atoms with E-state index >= 15 is 0 Å². The number of hydrogen-bond donors (Lipinski definition) is 2. The number of rotatable bonds is 6. The summed E-state index contributed by atoms with van der Waals surface area (Å²) >= 11 is 0. The van der Waals surface area contributed by atoms with Gasteiger partial charge in [0.1, 0.15) is 11.5 Å². The van der Waals surface area contributed by atoms with Gasteiger partial charge in [-0.25, -0.2) is 0 Å². The van der Waals surface area contributed by atoms with E-state index in [1.807, 2.05) is 63.2 Å². The predicted octanol–water partition coefficient (Wildman–Crippen LogP) is 4.20. The third-order valence-corrected chi connectivity index (χ3v) is 2.85. The van der Waals surface area contributed by atoms with E-state index in [4.69, 9.17) is 15.2 Å². The number of nitrogens with two attached hydrogens (primary N) is 1. The Bertz CT molecular complexity index is 597. The molecule has 0 unspecified atom stereocenters. The average Bonchev–Trinajstić information content (AvgIpc) is 2.44. The molecule has 0 bridgehead atoms. The Morgan fingerprint density at radius 2 is 1.90 bits per heavy atom. The highest BCUT2D eigenvalue weighted by atomic mass is 16.5. The maximum absolute atomic E-state index is 6.16. The number of ether oxygens (including phenoxy) is 2. The minimum absolute atomic E-state index is 0.0869. The third-order valence-electron chi connectivity index (χ3n) is 2.85. The number of nitrogens with one attached hydrogen (secondary N) is 1. The van der Waals surface area contributed by atoms with Gasteiger partial charge < -0.3 is 20.5 Å². The van der Waals surface area contributed by atoms with Crippen LogP contribution in [0.25, 0.3) is 0 Å². The van der Waals surface area contributed by atoms with Gasteiger partial charge in [0.2, 0.25) is 0 Å². The molecule has 0 aromatic heterocycles. The van der Waals surface area contributed by atoms with Crippen molar-refractivity contribution < 1.29 is 9.47 Å². The van der Waals surface area contributed by atoms with Gasteiger partial charge in [0.25, 0.3) is 0 Å². The van der Waals surface area contributed by atoms with Crippen molar-refractivity contribution in [2.75, 3.05) is 17.7 Å². The summed E-state index contributed by atoms with van der Waals surface area (Å²) in [5.41, 5.74) is 8.51. The van der Waals surface area contributed by atoms with Crippen molar-refractivity contribution in [1.29, 1.82) is 0 Å². The Morgan fingerprint density at radius 1 is 1.14 bits per heavy atom. The highest BCUT2D eigenvalue weighted by molar-refractivity contribution is 5.77. The van der Waals surface area contributed by atoms with E-state index in [1.165, 1.54) is 0 Å². The molecular formula is C17H22N2O2. The predicted molar refractivity (Wildman–Crippen MR) is 87.5 cm³/mol. The molecule has 0 saturated carbocycles. The minimum Gasteiger partial charge on any atom is -0.494 e. The van der Waals surface area contributed by atoms with Crippen LogP contribution in [0.3, 0.4) is 0 Å². The van der Waals surface area contributed by atoms with Crippen LogP contribution in [0.1, 0.15) is 20.8 Å². The molecule has 21 heavy (non-hydrogen) atoms. The normalized spacial score (nSPS) is 10.5. The molecule has 0 saturated heterocycles. The molecule has 2 rings (SSSR count). The lowest BCUT2D eigenvalue weighted by atomic mass is 10.2. The summed E-state index contributed by atoms with van der Waals surface area (Å²) in [6.07, 6.45) is 0.0869. The van der Waals surface area contributed by atoms with Crippen LogP contribution in [0.15, 0.2) is 42.5 Å². The van der Waals surface area contributed by atoms with E-state index < -0.39 is 0 Å². The summed E-state index contributed by atoms with van der Waals surface area (Å²) in [7, 11) is 0. The van der Waals surface area contributed by atoms with E-state index in [1.54, 1.807) is 0 Å². The van der Waals surface area contributed by atoms with Crippen LogP contribution in [0, 0.1) is 0 Å². The second-order valence-electron chi connectivity index (χ2n) is 4.97. The second-order valence-corrected chi connectivity index (χ2v) is 4.97. The lowest BCUT2D eigenvalue weighted by Crippen LogP contribution is -2.08. The van der Waals surface area contributed by atoms with E-state index in [9.17, 15) is 0 Å². The molecule has 0 heterocycles. The van der Waals surface area contributed by atoms with Gasteiger partial charge in [-0.1, -0.05) is 12.1 Å². The maximum Gasteiger partial charge on any atom is 0.144 e. The smallest absolute Gasteiger partial charge is 0.144 e. The van der Waals surface area contributed by atoms with Gasteiger partial charge in [-0.05, 0) is 45.0 Å². The summed E-state index contributed by atoms with van der Waals surface area (Å²) in [5, 5.41) is 3.30. The van der Waals surface area contributed by atoms with Crippen LogP contribution in [0.5, 0.6) is 11.5 Å². The van der Waals surface area contributed by atoms with Gasteiger partial charge in [0.15, 0.2) is 0 Å². The van der Waals surface area contributed by atoms with Crippen LogP contribution in [-0.2, 0) is 0 Å². The Balaban J connectivity index is 2.21. The molecule has 0 fully saturated rings. The molecule has 4 nitrogen and oxygen atoms in total. The summed E-state index contributed by atoms with van der Waals surface area (Å²) in [5.74, 6) is 1.52. The molecule has 0 atom stereocenters. The molecule has 2 aromatic carbocycles. The van der Waals surface area contributed by atoms with Gasteiger partial charge in [-0.2, -0.15) is 0 Å². The van der Waals surface area contributed by atoms with Gasteiger partial charge in [0, 0.05) is 11.8 Å². The summed E-state index contributed by atoms with van der Waals surface area (Å²) in [6, 6.07) is 13.5. The Morgan fingerprint density at radius 3 is 2.62 bits per heavy atom. The molecule has 0 spiro atoms. The molecule has 0 amide bonds. The largest absolute Gasteiger partial charge is 0.494 e. The van der Waals surface area contributed by atoms with E-state index in [0.717, 1.165) is 17.1 Å². The van der Waals surface area contributed by atoms with E-state index in [2.05, 4.69) is 5.32 Å². The van der Waals surface area contributed by atoms with Gasteiger partial charge in [-0.15, -0.1) is 0 Å². The number of nitrogen functional groups attached to an aromatic ring is 1. The maximum atomic E-state index is 6.16. The summed E-state index contributed by atoms with van der Waals surface area (Å²) < 4.78 is 11.2. The van der Waals surface area contributed by atoms with Crippen molar-refractivity contribution in [3.8, 4) is 11.5 Å². The second kappa shape index (κ2) is 6.88. The average molecular weight is 286 g/mol. The summed E-state index contributed by atoms with van der Waals surface area (Å²) in [4.78, 5) is 0. The lowest BCUT2D eigenvalue weighted by Gasteiger charge is -2.16. The fourth-order valence-corrected chi connectivity index (χ4v) is 2.00. The van der Waals surface area contributed by atoms with Gasteiger partial charge in [0.05, 0.1) is 24.1 Å². The van der Waals surface area contributed by atoms with E-state index in [-0.39, 0.29) is 6.10 Å². The quantitative estimate of drug-likeness (QED) is 0.781. The van der Waals surface area contributed by atoms with Crippen molar-refractivity contribution >= 4 is 17.1 Å². The van der Waals surface area contributed by atoms with Crippen molar-refractivity contribution in [1.82, 2.24) is 0 Å². The molecule has 4 heteroatoms. The number of hydrogen-bond acceptors (Lipinski definition) is 4. The van der Waals surface area contributed by atoms with Crippen molar-refractivity contribution in [3.63, 3.8) is 0 Å². The molecular weight excluding hydrogens is 264 g/mol. The Kier molecular flexibility index (Phi) is 4.93. The molecule has 2 aromatic rings. The molecule has 112 valence electrons. The Hall–Kier alpha value is -2.36. The molecule has 0 aliphatic rings. The van der Waals surface area contributed by atoms with Crippen LogP contribution in [0.4, 0.5) is 17.1 Å². The number of para-hydroxylation sites is 1. The first kappa shape index (κ1) is 15.0.